The molecule has 0 radical (unpaired) electrons. The normalized spacial score (nSPS) is 10.5. The number of nitrogens with one attached hydrogen (secondary N) is 2. The molecule has 0 saturated heterocycles. The number of carbonyl (C=O) groups is 1. The molecule has 20 heavy (non-hydrogen) atoms. The van der Waals surface area contributed by atoms with Gasteiger partial charge in [-0.15, -0.1) is 0 Å². The van der Waals surface area contributed by atoms with E-state index in [1.165, 1.54) is 18.3 Å². The summed E-state index contributed by atoms with van der Waals surface area (Å²) in [6.45, 7) is 0. The topological polar surface area (TPSA) is 41.1 Å². The molecule has 0 aromatic heterocycles. The number of hydrogen-bond acceptors (Lipinski definition) is 1. The number of carbonyl (C=O) groups excluding carboxylic acids is 1. The Bertz CT molecular complexity index is 626. The van der Waals surface area contributed by atoms with Crippen LogP contribution in [0.4, 0.5) is 14.9 Å². The van der Waals surface area contributed by atoms with Gasteiger partial charge in [0.25, 0.3) is 0 Å². The predicted octanol–water partition coefficient (Wildman–Crippen LogP) is 4.22. The molecule has 102 valence electrons. The number of urea groups is 1. The maximum absolute atomic E-state index is 13.3. The van der Waals surface area contributed by atoms with E-state index in [0.717, 1.165) is 3.57 Å². The van der Waals surface area contributed by atoms with Crippen LogP contribution in [-0.2, 0) is 0 Å². The van der Waals surface area contributed by atoms with Crippen molar-refractivity contribution in [1.29, 1.82) is 0 Å². The van der Waals surface area contributed by atoms with Gasteiger partial charge in [-0.3, -0.25) is 0 Å². The lowest BCUT2D eigenvalue weighted by Gasteiger charge is -2.04. The van der Waals surface area contributed by atoms with Crippen molar-refractivity contribution in [2.45, 2.75) is 0 Å². The molecule has 2 rings (SSSR count). The second kappa shape index (κ2) is 7.04. The van der Waals surface area contributed by atoms with E-state index in [0.29, 0.717) is 11.3 Å². The molecule has 0 atom stereocenters. The first-order valence-electron chi connectivity index (χ1n) is 5.89. The highest BCUT2D eigenvalue weighted by Crippen LogP contribution is 2.11. The van der Waals surface area contributed by atoms with Gasteiger partial charge in [-0.25, -0.2) is 9.18 Å². The quantitative estimate of drug-likeness (QED) is 0.767. The Balaban J connectivity index is 1.89. The molecule has 0 unspecified atom stereocenters. The molecule has 5 heteroatoms. The monoisotopic (exact) mass is 382 g/mol. The number of rotatable bonds is 3. The van der Waals surface area contributed by atoms with E-state index in [1.54, 1.807) is 18.2 Å². The first kappa shape index (κ1) is 14.5. The van der Waals surface area contributed by atoms with Gasteiger partial charge in [-0.2, -0.15) is 0 Å². The first-order chi connectivity index (χ1) is 9.65. The summed E-state index contributed by atoms with van der Waals surface area (Å²) in [6, 6.07) is 13.4. The van der Waals surface area contributed by atoms with Crippen molar-refractivity contribution in [1.82, 2.24) is 5.32 Å². The van der Waals surface area contributed by atoms with Gasteiger partial charge in [0.05, 0.1) is 0 Å². The average molecular weight is 382 g/mol. The molecular formula is C15H12FIN2O. The minimum atomic E-state index is -0.376. The molecule has 0 aliphatic rings. The van der Waals surface area contributed by atoms with Gasteiger partial charge in [-0.1, -0.05) is 18.2 Å². The average Bonchev–Trinajstić information content (AvgIpc) is 2.43. The molecule has 3 nitrogen and oxygen atoms in total. The van der Waals surface area contributed by atoms with Crippen LogP contribution in [-0.4, -0.2) is 6.03 Å². The standard InChI is InChI=1S/C15H12FIN2O/c16-14-4-2-1-3-11(14)9-10-18-15(20)19-13-7-5-12(17)6-8-13/h1-10H,(H2,18,19,20)/b10-9+. The second-order valence-corrected chi connectivity index (χ2v) is 5.21. The number of amides is 2. The molecule has 0 saturated carbocycles. The van der Waals surface area contributed by atoms with Gasteiger partial charge >= 0.3 is 6.03 Å². The Morgan fingerprint density at radius 1 is 1.10 bits per heavy atom. The molecule has 2 aromatic rings. The van der Waals surface area contributed by atoms with E-state index < -0.39 is 0 Å². The Morgan fingerprint density at radius 2 is 1.80 bits per heavy atom. The van der Waals surface area contributed by atoms with Crippen LogP contribution >= 0.6 is 22.6 Å². The maximum Gasteiger partial charge on any atom is 0.323 e. The summed E-state index contributed by atoms with van der Waals surface area (Å²) in [5.74, 6) is -0.330. The fourth-order valence-corrected chi connectivity index (χ4v) is 1.88. The summed E-state index contributed by atoms with van der Waals surface area (Å²) in [5.41, 5.74) is 1.12. The van der Waals surface area contributed by atoms with Gasteiger partial charge in [0.1, 0.15) is 5.82 Å². The zero-order chi connectivity index (χ0) is 14.4. The molecule has 0 aliphatic heterocycles. The Hall–Kier alpha value is -1.89. The second-order valence-electron chi connectivity index (χ2n) is 3.96. The molecule has 2 amide bonds. The third kappa shape index (κ3) is 4.34. The molecular weight excluding hydrogens is 370 g/mol. The van der Waals surface area contributed by atoms with Gasteiger partial charge in [0.15, 0.2) is 0 Å². The SMILES string of the molecule is O=C(N/C=C/c1ccccc1F)Nc1ccc(I)cc1. The number of halogens is 2. The van der Waals surface area contributed by atoms with Crippen LogP contribution in [0.2, 0.25) is 0 Å². The summed E-state index contributed by atoms with van der Waals surface area (Å²) >= 11 is 2.19. The highest BCUT2D eigenvalue weighted by molar-refractivity contribution is 14.1. The molecule has 2 aromatic carbocycles. The molecule has 0 bridgehead atoms. The third-order valence-corrected chi connectivity index (χ3v) is 3.20. The van der Waals surface area contributed by atoms with Crippen LogP contribution in [0.1, 0.15) is 5.56 Å². The smallest absolute Gasteiger partial charge is 0.314 e. The molecule has 0 fully saturated rings. The zero-order valence-electron chi connectivity index (χ0n) is 10.4. The Morgan fingerprint density at radius 3 is 2.50 bits per heavy atom. The maximum atomic E-state index is 13.3. The lowest BCUT2D eigenvalue weighted by Crippen LogP contribution is -2.23. The van der Waals surface area contributed by atoms with Crippen molar-refractivity contribution in [3.63, 3.8) is 0 Å². The van der Waals surface area contributed by atoms with Gasteiger partial charge in [-0.05, 0) is 59.0 Å². The van der Waals surface area contributed by atoms with E-state index in [9.17, 15) is 9.18 Å². The fraction of sp³-hybridized carbons (Fsp3) is 0. The Kier molecular flexibility index (Phi) is 5.11. The van der Waals surface area contributed by atoms with Gasteiger partial charge in [0, 0.05) is 21.0 Å². The summed E-state index contributed by atoms with van der Waals surface area (Å²) in [5, 5.41) is 5.19. The minimum absolute atomic E-state index is 0.330. The van der Waals surface area contributed by atoms with Crippen molar-refractivity contribution < 1.29 is 9.18 Å². The molecule has 0 spiro atoms. The van der Waals surface area contributed by atoms with Crippen molar-refractivity contribution >= 4 is 40.4 Å². The van der Waals surface area contributed by atoms with E-state index in [1.807, 2.05) is 24.3 Å². The first-order valence-corrected chi connectivity index (χ1v) is 6.97. The third-order valence-electron chi connectivity index (χ3n) is 2.48. The van der Waals surface area contributed by atoms with Crippen molar-refractivity contribution in [2.24, 2.45) is 0 Å². The van der Waals surface area contributed by atoms with Crippen molar-refractivity contribution in [3.8, 4) is 0 Å². The van der Waals surface area contributed by atoms with Gasteiger partial charge < -0.3 is 10.6 Å². The molecule has 0 aliphatic carbocycles. The van der Waals surface area contributed by atoms with Crippen LogP contribution < -0.4 is 10.6 Å². The summed E-state index contributed by atoms with van der Waals surface area (Å²) < 4.78 is 14.4. The van der Waals surface area contributed by atoms with E-state index in [2.05, 4.69) is 33.2 Å². The van der Waals surface area contributed by atoms with Crippen LogP contribution in [0.25, 0.3) is 6.08 Å². The highest BCUT2D eigenvalue weighted by atomic mass is 127. The lowest BCUT2D eigenvalue weighted by atomic mass is 10.2. The summed E-state index contributed by atoms with van der Waals surface area (Å²) in [6.07, 6.45) is 2.91. The van der Waals surface area contributed by atoms with Gasteiger partial charge in [0.2, 0.25) is 0 Å². The van der Waals surface area contributed by atoms with Crippen LogP contribution in [0, 0.1) is 9.39 Å². The van der Waals surface area contributed by atoms with E-state index >= 15 is 0 Å². The zero-order valence-corrected chi connectivity index (χ0v) is 12.6. The van der Waals surface area contributed by atoms with Crippen molar-refractivity contribution in [2.75, 3.05) is 5.32 Å². The summed E-state index contributed by atoms with van der Waals surface area (Å²) in [4.78, 5) is 11.6. The number of anilines is 1. The van der Waals surface area contributed by atoms with Crippen LogP contribution in [0.3, 0.4) is 0 Å². The Labute approximate surface area is 130 Å². The minimum Gasteiger partial charge on any atom is -0.314 e. The highest BCUT2D eigenvalue weighted by Gasteiger charge is 1.99. The summed E-state index contributed by atoms with van der Waals surface area (Å²) in [7, 11) is 0. The molecule has 0 heterocycles. The van der Waals surface area contributed by atoms with E-state index in [-0.39, 0.29) is 11.8 Å². The van der Waals surface area contributed by atoms with Crippen molar-refractivity contribution in [3.05, 3.63) is 69.7 Å². The number of benzene rings is 2. The molecule has 2 N–H and O–H groups in total. The lowest BCUT2D eigenvalue weighted by molar-refractivity contribution is 0.255. The van der Waals surface area contributed by atoms with Crippen LogP contribution in [0.5, 0.6) is 0 Å². The van der Waals surface area contributed by atoms with E-state index in [4.69, 9.17) is 0 Å². The number of hydrogen-bond donors (Lipinski definition) is 2. The largest absolute Gasteiger partial charge is 0.323 e. The van der Waals surface area contributed by atoms with Crippen LogP contribution in [0.15, 0.2) is 54.7 Å². The predicted molar refractivity (Wildman–Crippen MR) is 86.7 cm³/mol. The fourth-order valence-electron chi connectivity index (χ4n) is 1.52.